The van der Waals surface area contributed by atoms with E-state index in [4.69, 9.17) is 70.7 Å². The second-order valence-corrected chi connectivity index (χ2v) is 38.9. The predicted molar refractivity (Wildman–Crippen MR) is 366 cm³/mol. The van der Waals surface area contributed by atoms with E-state index in [1.54, 1.807) is 56.9 Å². The largest absolute Gasteiger partial charge is 0.541 e. The fourth-order valence-electron chi connectivity index (χ4n) is 14.2. The fourth-order valence-corrected chi connectivity index (χ4v) is 16.2. The van der Waals surface area contributed by atoms with Crippen molar-refractivity contribution in [2.24, 2.45) is 23.7 Å². The van der Waals surface area contributed by atoms with Crippen LogP contribution in [0.25, 0.3) is 11.1 Å². The van der Waals surface area contributed by atoms with Gasteiger partial charge in [0.25, 0.3) is 16.6 Å². The lowest BCUT2D eigenvalue weighted by atomic mass is 9.56. The van der Waals surface area contributed by atoms with Crippen molar-refractivity contribution in [2.75, 3.05) is 56.9 Å². The molecule has 1 spiro atoms. The maximum atomic E-state index is 13.6. The first-order chi connectivity index (χ1) is 44.3. The number of aliphatic hydroxyl groups excluding tert-OH is 1. The number of hydrogen-bond donors (Lipinski definition) is 1. The molecule has 3 heterocycles. The van der Waals surface area contributed by atoms with E-state index < -0.39 is 58.3 Å². The lowest BCUT2D eigenvalue weighted by molar-refractivity contribution is -0.494. The van der Waals surface area contributed by atoms with Gasteiger partial charge in [-0.15, -0.1) is 0 Å². The maximum absolute atomic E-state index is 13.6. The van der Waals surface area contributed by atoms with Crippen LogP contribution in [-0.2, 0) is 46.4 Å². The lowest BCUT2D eigenvalue weighted by Crippen LogP contribution is -2.69. The van der Waals surface area contributed by atoms with Gasteiger partial charge in [-0.25, -0.2) is 9.78 Å². The van der Waals surface area contributed by atoms with Gasteiger partial charge in [-0.2, -0.15) is 0 Å². The first-order valence-electron chi connectivity index (χ1n) is 33.3. The Balaban J connectivity index is 0.000000259. The molecule has 4 aliphatic carbocycles. The Morgan fingerprint density at radius 3 is 1.51 bits per heavy atom. The molecule has 94 heavy (non-hydrogen) atoms. The Bertz CT molecular complexity index is 3470. The summed E-state index contributed by atoms with van der Waals surface area (Å²) in [5, 5.41) is 10.7. The number of esters is 2. The van der Waals surface area contributed by atoms with Crippen LogP contribution in [0.3, 0.4) is 0 Å². The number of carbonyl (C=O) groups excluding carboxylic acids is 2. The molecule has 1 N–H and O–H groups in total. The SMILES string of the molecule is COc1ccc(C2=CC(O)CCc3c2cc(OC)c(OC)c3OC)cc1O[Si](C)(C)C(C)(C)C.COc1ccc(C2=CC(OC(=O)CCC(=O)O[C@@H]3O[C@@H]4C[C@@]5(C)CC[C@H]6[C@H](C)CC[C@@H]([C@H]3C)[C@@]46OO5)CCc3c2cc(OC)c(OC)c3OC)cc1O[Si](C)(C)C(C)(C)C. The average molecular weight is 1340 g/mol. The summed E-state index contributed by atoms with van der Waals surface area (Å²) in [6.07, 6.45) is 8.22. The van der Waals surface area contributed by atoms with Gasteiger partial charge in [-0.3, -0.25) is 9.59 Å². The van der Waals surface area contributed by atoms with Crippen LogP contribution >= 0.6 is 0 Å². The van der Waals surface area contributed by atoms with Gasteiger partial charge >= 0.3 is 11.9 Å². The third-order valence-electron chi connectivity index (χ3n) is 21.5. The molecule has 4 aromatic rings. The molecule has 516 valence electrons. The molecule has 2 saturated carbocycles. The Morgan fingerprint density at radius 1 is 0.553 bits per heavy atom. The number of ether oxygens (including phenoxy) is 11. The Hall–Kier alpha value is -6.43. The molecule has 11 rings (SSSR count). The van der Waals surface area contributed by atoms with Crippen LogP contribution in [0.2, 0.25) is 36.3 Å². The zero-order chi connectivity index (χ0) is 68.6. The molecular formula is C74H104O18Si2. The number of aliphatic hydroxyl groups is 1. The van der Waals surface area contributed by atoms with Crippen molar-refractivity contribution in [3.63, 3.8) is 0 Å². The molecule has 0 radical (unpaired) electrons. The van der Waals surface area contributed by atoms with E-state index in [1.165, 1.54) is 0 Å². The molecule has 2 bridgehead atoms. The van der Waals surface area contributed by atoms with Crippen molar-refractivity contribution >= 4 is 39.7 Å². The summed E-state index contributed by atoms with van der Waals surface area (Å²) in [5.74, 6) is 5.78. The van der Waals surface area contributed by atoms with Gasteiger partial charge in [0, 0.05) is 29.4 Å². The number of carbonyl (C=O) groups is 2. The van der Waals surface area contributed by atoms with Gasteiger partial charge in [0.15, 0.2) is 34.5 Å². The van der Waals surface area contributed by atoms with Gasteiger partial charge in [0.05, 0.1) is 81.9 Å². The second kappa shape index (κ2) is 28.3. The highest BCUT2D eigenvalue weighted by Crippen LogP contribution is 2.62. The highest BCUT2D eigenvalue weighted by atomic mass is 28.4. The monoisotopic (exact) mass is 1340 g/mol. The third kappa shape index (κ3) is 14.2. The Morgan fingerprint density at radius 2 is 1.03 bits per heavy atom. The van der Waals surface area contributed by atoms with Crippen molar-refractivity contribution in [1.82, 2.24) is 0 Å². The molecule has 18 nitrogen and oxygen atoms in total. The molecular weight excluding hydrogens is 1230 g/mol. The van der Waals surface area contributed by atoms with Crippen molar-refractivity contribution in [3.8, 4) is 57.5 Å². The Labute approximate surface area is 559 Å². The molecule has 0 amide bonds. The summed E-state index contributed by atoms with van der Waals surface area (Å²) in [6, 6.07) is 15.7. The molecule has 3 saturated heterocycles. The molecule has 5 fully saturated rings. The van der Waals surface area contributed by atoms with Crippen LogP contribution in [0.1, 0.15) is 153 Å². The summed E-state index contributed by atoms with van der Waals surface area (Å²) >= 11 is 0. The van der Waals surface area contributed by atoms with Gasteiger partial charge in [0.1, 0.15) is 28.8 Å². The molecule has 4 aromatic carbocycles. The number of rotatable bonds is 19. The van der Waals surface area contributed by atoms with E-state index >= 15 is 0 Å². The van der Waals surface area contributed by atoms with E-state index in [2.05, 4.69) is 88.5 Å². The van der Waals surface area contributed by atoms with E-state index in [-0.39, 0.29) is 40.9 Å². The van der Waals surface area contributed by atoms with E-state index in [1.807, 2.05) is 60.7 Å². The molecule has 10 atom stereocenters. The smallest absolute Gasteiger partial charge is 0.308 e. The third-order valence-corrected chi connectivity index (χ3v) is 30.2. The summed E-state index contributed by atoms with van der Waals surface area (Å²) in [7, 11) is 8.52. The number of benzene rings is 4. The van der Waals surface area contributed by atoms with Crippen LogP contribution in [0.4, 0.5) is 0 Å². The average Bonchev–Trinajstić information content (AvgIpc) is 1.37. The van der Waals surface area contributed by atoms with Crippen LogP contribution in [0.5, 0.6) is 57.5 Å². The van der Waals surface area contributed by atoms with Crippen molar-refractivity contribution < 1.29 is 85.4 Å². The van der Waals surface area contributed by atoms with Gasteiger partial charge in [0.2, 0.25) is 17.8 Å². The molecule has 2 unspecified atom stereocenters. The molecule has 7 aliphatic rings. The molecule has 3 aliphatic heterocycles. The van der Waals surface area contributed by atoms with Gasteiger partial charge in [-0.05, 0) is 188 Å². The fraction of sp³-hybridized carbons (Fsp3) is 0.595. The Kier molecular flexibility index (Phi) is 21.7. The zero-order valence-corrected chi connectivity index (χ0v) is 61.6. The van der Waals surface area contributed by atoms with E-state index in [0.717, 1.165) is 70.2 Å². The molecule has 0 aromatic heterocycles. The normalized spacial score (nSPS) is 25.6. The summed E-state index contributed by atoms with van der Waals surface area (Å²) < 4.78 is 78.3. The lowest BCUT2D eigenvalue weighted by Gasteiger charge is -2.60. The summed E-state index contributed by atoms with van der Waals surface area (Å²) in [5.41, 5.74) is 6.12. The first-order valence-corrected chi connectivity index (χ1v) is 39.1. The quantitative estimate of drug-likeness (QED) is 0.0529. The summed E-state index contributed by atoms with van der Waals surface area (Å²) in [6.45, 7) is 28.5. The van der Waals surface area contributed by atoms with E-state index in [0.29, 0.717) is 101 Å². The zero-order valence-electron chi connectivity index (χ0n) is 59.6. The maximum Gasteiger partial charge on any atom is 0.308 e. The topological polar surface area (TPSA) is 193 Å². The van der Waals surface area contributed by atoms with Crippen LogP contribution in [0, 0.1) is 23.7 Å². The highest BCUT2D eigenvalue weighted by molar-refractivity contribution is 6.75. The summed E-state index contributed by atoms with van der Waals surface area (Å²) in [4.78, 5) is 39.6. The molecule has 20 heteroatoms. The number of fused-ring (bicyclic) bond motifs is 4. The minimum atomic E-state index is -2.27. The van der Waals surface area contributed by atoms with Crippen LogP contribution in [-0.4, -0.2) is 126 Å². The second-order valence-electron chi connectivity index (χ2n) is 29.5. The minimum absolute atomic E-state index is 0.0374. The van der Waals surface area contributed by atoms with Gasteiger partial charge in [-0.1, -0.05) is 67.5 Å². The number of methoxy groups -OCH3 is 8. The standard InChI is InChI=1S/C47H66O12Si.C27H38O6Si/c1-27-13-17-35-28(2)44(55-39-26-46(6)22-21-34(27)47(35,39)59-58-46)56-41(49)20-19-40(48)54-30-15-16-31-33(25-38(51-8)43(53-10)42(31)52-9)32(24-30)29-14-18-36(50-7)37(23-29)57-60(11,12)45(3,4)5;1-27(2,3)34(8,9)33-23-14-17(10-13-22(23)29-4)20-15-18(28)11-12-19-21(20)16-24(30-5)26(32-7)25(19)31-6/h14,18,23-25,27-28,30,34-35,39,44H,13,15-17,19-22,26H2,1-12H3;10,13-16,18,28H,11-12H2,1-9H3/t27-,28-,30?,34+,35+,39-,44+,46-,47-;/m1./s1. The van der Waals surface area contributed by atoms with E-state index in [9.17, 15) is 14.7 Å². The van der Waals surface area contributed by atoms with Gasteiger partial charge < -0.3 is 66.1 Å². The number of hydrogen-bond acceptors (Lipinski definition) is 18. The highest BCUT2D eigenvalue weighted by Gasteiger charge is 2.68. The minimum Gasteiger partial charge on any atom is -0.541 e. The predicted octanol–water partition coefficient (Wildman–Crippen LogP) is 15.2. The van der Waals surface area contributed by atoms with Crippen LogP contribution < -0.4 is 46.7 Å². The van der Waals surface area contributed by atoms with Crippen molar-refractivity contribution in [2.45, 2.75) is 205 Å². The van der Waals surface area contributed by atoms with Crippen molar-refractivity contribution in [3.05, 3.63) is 94.1 Å². The van der Waals surface area contributed by atoms with Crippen LogP contribution in [0.15, 0.2) is 60.7 Å². The first kappa shape index (κ1) is 71.9. The van der Waals surface area contributed by atoms with Crippen molar-refractivity contribution in [1.29, 1.82) is 0 Å².